The number of nitrogens with zero attached hydrogens (tertiary/aromatic N) is 2. The van der Waals surface area contributed by atoms with Crippen LogP contribution < -0.4 is 10.6 Å². The number of guanidine groups is 1. The van der Waals surface area contributed by atoms with E-state index < -0.39 is 0 Å². The van der Waals surface area contributed by atoms with Gasteiger partial charge in [-0.05, 0) is 39.3 Å². The SMILES string of the molecule is CCNC(=NCC(C(CC)CC)N(C)C)NC1CC1C.I. The van der Waals surface area contributed by atoms with Crippen molar-refractivity contribution < 1.29 is 0 Å². The van der Waals surface area contributed by atoms with Gasteiger partial charge in [-0.1, -0.05) is 33.6 Å². The summed E-state index contributed by atoms with van der Waals surface area (Å²) in [6.45, 7) is 10.8. The predicted molar refractivity (Wildman–Crippen MR) is 104 cm³/mol. The van der Waals surface area contributed by atoms with E-state index in [1.165, 1.54) is 19.3 Å². The first kappa shape index (κ1) is 21.0. The fraction of sp³-hybridized carbons (Fsp3) is 0.938. The van der Waals surface area contributed by atoms with Crippen LogP contribution in [0.25, 0.3) is 0 Å². The Morgan fingerprint density at radius 1 is 1.24 bits per heavy atom. The standard InChI is InChI=1S/C16H34N4.HI/c1-7-13(8-2)15(20(5)6)11-18-16(17-9-3)19-14-10-12(14)4;/h12-15H,7-11H2,1-6H3,(H2,17,18,19);1H. The summed E-state index contributed by atoms with van der Waals surface area (Å²) in [5, 5.41) is 6.90. The normalized spacial score (nSPS) is 23.0. The summed E-state index contributed by atoms with van der Waals surface area (Å²) in [7, 11) is 4.34. The van der Waals surface area contributed by atoms with Crippen LogP contribution in [0, 0.1) is 11.8 Å². The molecule has 3 atom stereocenters. The van der Waals surface area contributed by atoms with Gasteiger partial charge in [-0.15, -0.1) is 24.0 Å². The van der Waals surface area contributed by atoms with Gasteiger partial charge >= 0.3 is 0 Å². The molecule has 0 aromatic rings. The molecule has 0 spiro atoms. The third kappa shape index (κ3) is 7.17. The fourth-order valence-electron chi connectivity index (χ4n) is 2.77. The molecule has 1 fully saturated rings. The van der Waals surface area contributed by atoms with Crippen LogP contribution in [-0.2, 0) is 0 Å². The second-order valence-electron chi connectivity index (χ2n) is 6.29. The van der Waals surface area contributed by atoms with E-state index in [1.54, 1.807) is 0 Å². The summed E-state index contributed by atoms with van der Waals surface area (Å²) < 4.78 is 0. The largest absolute Gasteiger partial charge is 0.357 e. The molecule has 3 unspecified atom stereocenters. The summed E-state index contributed by atoms with van der Waals surface area (Å²) in [5.41, 5.74) is 0. The van der Waals surface area contributed by atoms with Crippen molar-refractivity contribution in [2.75, 3.05) is 27.2 Å². The molecule has 1 aliphatic carbocycles. The number of hydrogen-bond donors (Lipinski definition) is 2. The Balaban J connectivity index is 0.00000400. The first-order valence-corrected chi connectivity index (χ1v) is 8.24. The van der Waals surface area contributed by atoms with Crippen LogP contribution in [0.5, 0.6) is 0 Å². The zero-order chi connectivity index (χ0) is 15.1. The highest BCUT2D eigenvalue weighted by Gasteiger charge is 2.33. The van der Waals surface area contributed by atoms with Gasteiger partial charge in [0.15, 0.2) is 5.96 Å². The minimum atomic E-state index is 0. The monoisotopic (exact) mass is 410 g/mol. The lowest BCUT2D eigenvalue weighted by Crippen LogP contribution is -2.42. The van der Waals surface area contributed by atoms with E-state index in [0.717, 1.165) is 30.9 Å². The van der Waals surface area contributed by atoms with Crippen LogP contribution in [0.4, 0.5) is 0 Å². The van der Waals surface area contributed by atoms with Crippen LogP contribution in [0.3, 0.4) is 0 Å². The smallest absolute Gasteiger partial charge is 0.191 e. The lowest BCUT2D eigenvalue weighted by atomic mass is 9.93. The Kier molecular flexibility index (Phi) is 10.6. The molecular formula is C16H35IN4. The van der Waals surface area contributed by atoms with E-state index in [4.69, 9.17) is 4.99 Å². The van der Waals surface area contributed by atoms with E-state index in [1.807, 2.05) is 0 Å². The number of aliphatic imine (C=N–C) groups is 1. The first-order valence-electron chi connectivity index (χ1n) is 8.24. The summed E-state index contributed by atoms with van der Waals surface area (Å²) in [4.78, 5) is 7.14. The van der Waals surface area contributed by atoms with Gasteiger partial charge in [-0.3, -0.25) is 4.99 Å². The van der Waals surface area contributed by atoms with Crippen LogP contribution in [0.2, 0.25) is 0 Å². The zero-order valence-corrected chi connectivity index (χ0v) is 17.0. The van der Waals surface area contributed by atoms with Gasteiger partial charge in [0.2, 0.25) is 0 Å². The van der Waals surface area contributed by atoms with Crippen molar-refractivity contribution in [2.24, 2.45) is 16.8 Å². The van der Waals surface area contributed by atoms with Crippen LogP contribution >= 0.6 is 24.0 Å². The average molecular weight is 410 g/mol. The van der Waals surface area contributed by atoms with Crippen molar-refractivity contribution in [1.29, 1.82) is 0 Å². The van der Waals surface area contributed by atoms with Gasteiger partial charge in [0, 0.05) is 18.6 Å². The van der Waals surface area contributed by atoms with E-state index in [9.17, 15) is 0 Å². The molecule has 5 heteroatoms. The molecule has 0 bridgehead atoms. The van der Waals surface area contributed by atoms with Gasteiger partial charge in [0.1, 0.15) is 0 Å². The zero-order valence-electron chi connectivity index (χ0n) is 14.6. The van der Waals surface area contributed by atoms with Crippen molar-refractivity contribution in [1.82, 2.24) is 15.5 Å². The third-order valence-electron chi connectivity index (χ3n) is 4.47. The summed E-state index contributed by atoms with van der Waals surface area (Å²) in [6, 6.07) is 1.15. The maximum Gasteiger partial charge on any atom is 0.191 e. The molecule has 0 aromatic carbocycles. The molecule has 0 aliphatic heterocycles. The first-order chi connectivity index (χ1) is 9.53. The van der Waals surface area contributed by atoms with Crippen LogP contribution in [0.15, 0.2) is 4.99 Å². The van der Waals surface area contributed by atoms with Gasteiger partial charge < -0.3 is 15.5 Å². The minimum Gasteiger partial charge on any atom is -0.357 e. The highest BCUT2D eigenvalue weighted by molar-refractivity contribution is 14.0. The van der Waals surface area contributed by atoms with Crippen molar-refractivity contribution in [3.8, 4) is 0 Å². The highest BCUT2D eigenvalue weighted by atomic mass is 127. The topological polar surface area (TPSA) is 39.7 Å². The predicted octanol–water partition coefficient (Wildman–Crippen LogP) is 2.93. The Labute approximate surface area is 148 Å². The third-order valence-corrected chi connectivity index (χ3v) is 4.47. The van der Waals surface area contributed by atoms with E-state index >= 15 is 0 Å². The molecule has 0 saturated heterocycles. The fourth-order valence-corrected chi connectivity index (χ4v) is 2.77. The minimum absolute atomic E-state index is 0. The highest BCUT2D eigenvalue weighted by Crippen LogP contribution is 2.28. The second-order valence-corrected chi connectivity index (χ2v) is 6.29. The molecule has 1 saturated carbocycles. The maximum atomic E-state index is 4.82. The lowest BCUT2D eigenvalue weighted by Gasteiger charge is -2.30. The number of hydrogen-bond acceptors (Lipinski definition) is 2. The van der Waals surface area contributed by atoms with Crippen molar-refractivity contribution >= 4 is 29.9 Å². The van der Waals surface area contributed by atoms with Gasteiger partial charge in [0.25, 0.3) is 0 Å². The Hall–Kier alpha value is -0.0400. The molecule has 0 heterocycles. The molecule has 4 nitrogen and oxygen atoms in total. The molecular weight excluding hydrogens is 375 g/mol. The van der Waals surface area contributed by atoms with Gasteiger partial charge in [-0.25, -0.2) is 0 Å². The van der Waals surface area contributed by atoms with Crippen molar-refractivity contribution in [2.45, 2.75) is 59.0 Å². The van der Waals surface area contributed by atoms with Crippen LogP contribution in [-0.4, -0.2) is 50.1 Å². The van der Waals surface area contributed by atoms with Gasteiger partial charge in [-0.2, -0.15) is 0 Å². The molecule has 21 heavy (non-hydrogen) atoms. The maximum absolute atomic E-state index is 4.82. The summed E-state index contributed by atoms with van der Waals surface area (Å²) in [5.74, 6) is 2.50. The van der Waals surface area contributed by atoms with E-state index in [0.29, 0.717) is 12.1 Å². The summed E-state index contributed by atoms with van der Waals surface area (Å²) >= 11 is 0. The Morgan fingerprint density at radius 3 is 2.19 bits per heavy atom. The number of halogens is 1. The van der Waals surface area contributed by atoms with Crippen molar-refractivity contribution in [3.63, 3.8) is 0 Å². The number of likely N-dealkylation sites (N-methyl/N-ethyl adjacent to an activating group) is 1. The molecule has 0 radical (unpaired) electrons. The average Bonchev–Trinajstić information content (AvgIpc) is 3.09. The number of rotatable bonds is 8. The Bertz CT molecular complexity index is 303. The molecule has 2 N–H and O–H groups in total. The molecule has 1 aliphatic rings. The Morgan fingerprint density at radius 2 is 1.81 bits per heavy atom. The molecule has 1 rings (SSSR count). The van der Waals surface area contributed by atoms with E-state index in [2.05, 4.69) is 57.3 Å². The summed E-state index contributed by atoms with van der Waals surface area (Å²) in [6.07, 6.45) is 3.71. The van der Waals surface area contributed by atoms with Gasteiger partial charge in [0.05, 0.1) is 6.54 Å². The molecule has 0 amide bonds. The molecule has 126 valence electrons. The number of nitrogens with one attached hydrogen (secondary N) is 2. The second kappa shape index (κ2) is 10.6. The quantitative estimate of drug-likeness (QED) is 0.367. The van der Waals surface area contributed by atoms with Crippen molar-refractivity contribution in [3.05, 3.63) is 0 Å². The molecule has 0 aromatic heterocycles. The van der Waals surface area contributed by atoms with E-state index in [-0.39, 0.29) is 24.0 Å². The van der Waals surface area contributed by atoms with Crippen LogP contribution in [0.1, 0.15) is 47.0 Å². The lowest BCUT2D eigenvalue weighted by molar-refractivity contribution is 0.206.